The zero-order valence-corrected chi connectivity index (χ0v) is 16.0. The molecule has 1 fully saturated rings. The van der Waals surface area contributed by atoms with E-state index in [-0.39, 0.29) is 25.7 Å². The highest BCUT2D eigenvalue weighted by atomic mass is 19.4. The molecule has 0 aliphatic carbocycles. The maximum atomic E-state index is 13.3. The Morgan fingerprint density at radius 3 is 2.33 bits per heavy atom. The lowest BCUT2D eigenvalue weighted by atomic mass is 10.00. The van der Waals surface area contributed by atoms with Gasteiger partial charge >= 0.3 is 12.3 Å². The van der Waals surface area contributed by atoms with Crippen molar-refractivity contribution in [3.8, 4) is 0 Å². The fourth-order valence-corrected chi connectivity index (χ4v) is 3.20. The molecule has 2 unspecified atom stereocenters. The number of nitrogens with zero attached hydrogens (tertiary/aromatic N) is 2. The van der Waals surface area contributed by atoms with E-state index in [0.717, 1.165) is 5.56 Å². The third-order valence-electron chi connectivity index (χ3n) is 4.44. The Labute approximate surface area is 157 Å². The standard InChI is InChI=1S/C19H27F3N2O3/c1-13-10-23(17(26)27-18(2,3)4)12-15(16(25)19(20,21)22)24(13)11-14-8-6-5-7-9-14/h5-9,13,15-16,25H,10-12H2,1-4H3/t13-,15?,16?/m0/s1. The Bertz CT molecular complexity index is 631. The van der Waals surface area contributed by atoms with Gasteiger partial charge in [0.25, 0.3) is 0 Å². The van der Waals surface area contributed by atoms with Gasteiger partial charge in [0, 0.05) is 25.7 Å². The fourth-order valence-electron chi connectivity index (χ4n) is 3.20. The van der Waals surface area contributed by atoms with Gasteiger partial charge in [-0.25, -0.2) is 4.79 Å². The summed E-state index contributed by atoms with van der Waals surface area (Å²) >= 11 is 0. The number of rotatable bonds is 3. The average molecular weight is 388 g/mol. The molecule has 1 saturated heterocycles. The quantitative estimate of drug-likeness (QED) is 0.862. The molecule has 1 aromatic rings. The number of hydrogen-bond acceptors (Lipinski definition) is 4. The van der Waals surface area contributed by atoms with E-state index in [4.69, 9.17) is 4.74 Å². The number of piperazine rings is 1. The number of amides is 1. The summed E-state index contributed by atoms with van der Waals surface area (Å²) in [6.45, 7) is 7.05. The number of hydrogen-bond donors (Lipinski definition) is 1. The first-order valence-corrected chi connectivity index (χ1v) is 8.91. The lowest BCUT2D eigenvalue weighted by Gasteiger charge is -2.47. The summed E-state index contributed by atoms with van der Waals surface area (Å²) in [5.74, 6) is 0. The molecule has 0 radical (unpaired) electrons. The Morgan fingerprint density at radius 2 is 1.81 bits per heavy atom. The van der Waals surface area contributed by atoms with Crippen molar-refractivity contribution in [2.45, 2.75) is 64.2 Å². The van der Waals surface area contributed by atoms with Crippen LogP contribution in [0.3, 0.4) is 0 Å². The average Bonchev–Trinajstić information content (AvgIpc) is 2.54. The molecular formula is C19H27F3N2O3. The Hall–Kier alpha value is -1.80. The lowest BCUT2D eigenvalue weighted by molar-refractivity contribution is -0.229. The normalized spacial score (nSPS) is 23.2. The summed E-state index contributed by atoms with van der Waals surface area (Å²) in [6.07, 6.45) is -8.02. The molecule has 8 heteroatoms. The predicted molar refractivity (Wildman–Crippen MR) is 95.1 cm³/mol. The van der Waals surface area contributed by atoms with Crippen LogP contribution in [0.4, 0.5) is 18.0 Å². The maximum absolute atomic E-state index is 13.3. The summed E-state index contributed by atoms with van der Waals surface area (Å²) in [7, 11) is 0. The minimum absolute atomic E-state index is 0.225. The highest BCUT2D eigenvalue weighted by Crippen LogP contribution is 2.30. The molecule has 1 aromatic carbocycles. The first kappa shape index (κ1) is 21.5. The van der Waals surface area contributed by atoms with Gasteiger partial charge in [-0.2, -0.15) is 13.2 Å². The van der Waals surface area contributed by atoms with Crippen molar-refractivity contribution in [3.05, 3.63) is 35.9 Å². The van der Waals surface area contributed by atoms with E-state index >= 15 is 0 Å². The zero-order valence-electron chi connectivity index (χ0n) is 16.0. The number of carbonyl (C=O) groups excluding carboxylic acids is 1. The van der Waals surface area contributed by atoms with Crippen LogP contribution in [-0.4, -0.2) is 64.1 Å². The minimum atomic E-state index is -4.78. The van der Waals surface area contributed by atoms with Crippen molar-refractivity contribution in [1.82, 2.24) is 9.80 Å². The van der Waals surface area contributed by atoms with E-state index in [1.165, 1.54) is 4.90 Å². The first-order chi connectivity index (χ1) is 12.4. The van der Waals surface area contributed by atoms with E-state index in [0.29, 0.717) is 0 Å². The molecule has 1 aliphatic rings. The van der Waals surface area contributed by atoms with Crippen LogP contribution < -0.4 is 0 Å². The molecule has 0 saturated carbocycles. The Morgan fingerprint density at radius 1 is 1.22 bits per heavy atom. The highest BCUT2D eigenvalue weighted by Gasteiger charge is 2.49. The molecule has 152 valence electrons. The van der Waals surface area contributed by atoms with Gasteiger partial charge in [-0.05, 0) is 33.3 Å². The zero-order chi connectivity index (χ0) is 20.4. The van der Waals surface area contributed by atoms with Crippen LogP contribution in [0, 0.1) is 0 Å². The Balaban J connectivity index is 2.25. The molecule has 1 amide bonds. The molecule has 3 atom stereocenters. The highest BCUT2D eigenvalue weighted by molar-refractivity contribution is 5.68. The summed E-state index contributed by atoms with van der Waals surface area (Å²) in [5, 5.41) is 9.96. The van der Waals surface area contributed by atoms with Crippen LogP contribution in [0.2, 0.25) is 0 Å². The van der Waals surface area contributed by atoms with Crippen molar-refractivity contribution in [3.63, 3.8) is 0 Å². The summed E-state index contributed by atoms with van der Waals surface area (Å²) in [5.41, 5.74) is 0.0917. The van der Waals surface area contributed by atoms with E-state index in [9.17, 15) is 23.1 Å². The van der Waals surface area contributed by atoms with Gasteiger partial charge in [0.2, 0.25) is 0 Å². The SMILES string of the molecule is C[C@H]1CN(C(=O)OC(C)(C)C)CC(C(O)C(F)(F)F)N1Cc1ccccc1. The third kappa shape index (κ3) is 5.84. The Kier molecular flexibility index (Phi) is 6.42. The van der Waals surface area contributed by atoms with Crippen LogP contribution in [0.25, 0.3) is 0 Å². The predicted octanol–water partition coefficient (Wildman–Crippen LogP) is 3.42. The number of halogens is 3. The molecule has 1 N–H and O–H groups in total. The van der Waals surface area contributed by atoms with Crippen LogP contribution in [0.15, 0.2) is 30.3 Å². The number of aliphatic hydroxyl groups excluding tert-OH is 1. The molecule has 2 rings (SSSR count). The topological polar surface area (TPSA) is 53.0 Å². The minimum Gasteiger partial charge on any atom is -0.444 e. The van der Waals surface area contributed by atoms with Crippen LogP contribution in [-0.2, 0) is 11.3 Å². The largest absolute Gasteiger partial charge is 0.444 e. The molecular weight excluding hydrogens is 361 g/mol. The summed E-state index contributed by atoms with van der Waals surface area (Å²) < 4.78 is 45.1. The van der Waals surface area contributed by atoms with Crippen LogP contribution in [0.5, 0.6) is 0 Å². The second-order valence-corrected chi connectivity index (χ2v) is 7.95. The number of aliphatic hydroxyl groups is 1. The fraction of sp³-hybridized carbons (Fsp3) is 0.632. The number of carbonyl (C=O) groups is 1. The van der Waals surface area contributed by atoms with Gasteiger partial charge in [-0.1, -0.05) is 30.3 Å². The molecule has 1 heterocycles. The van der Waals surface area contributed by atoms with Gasteiger partial charge in [-0.3, -0.25) is 4.90 Å². The molecule has 0 spiro atoms. The lowest BCUT2D eigenvalue weighted by Crippen LogP contribution is -2.64. The van der Waals surface area contributed by atoms with Crippen LogP contribution >= 0.6 is 0 Å². The van der Waals surface area contributed by atoms with Gasteiger partial charge in [-0.15, -0.1) is 0 Å². The van der Waals surface area contributed by atoms with Crippen molar-refractivity contribution in [1.29, 1.82) is 0 Å². The van der Waals surface area contributed by atoms with E-state index in [1.54, 1.807) is 32.6 Å². The van der Waals surface area contributed by atoms with E-state index in [1.807, 2.05) is 30.3 Å². The second-order valence-electron chi connectivity index (χ2n) is 7.95. The molecule has 0 bridgehead atoms. The molecule has 27 heavy (non-hydrogen) atoms. The number of ether oxygens (including phenoxy) is 1. The summed E-state index contributed by atoms with van der Waals surface area (Å²) in [6, 6.07) is 7.44. The third-order valence-corrected chi connectivity index (χ3v) is 4.44. The molecule has 1 aliphatic heterocycles. The smallest absolute Gasteiger partial charge is 0.415 e. The van der Waals surface area contributed by atoms with Crippen LogP contribution in [0.1, 0.15) is 33.3 Å². The van der Waals surface area contributed by atoms with E-state index in [2.05, 4.69) is 0 Å². The van der Waals surface area contributed by atoms with Gasteiger partial charge in [0.1, 0.15) is 5.60 Å². The van der Waals surface area contributed by atoms with Crippen molar-refractivity contribution in [2.75, 3.05) is 13.1 Å². The van der Waals surface area contributed by atoms with Crippen molar-refractivity contribution >= 4 is 6.09 Å². The molecule has 0 aromatic heterocycles. The van der Waals surface area contributed by atoms with E-state index < -0.39 is 30.0 Å². The molecule has 5 nitrogen and oxygen atoms in total. The second kappa shape index (κ2) is 8.06. The van der Waals surface area contributed by atoms with Gasteiger partial charge in [0.15, 0.2) is 6.10 Å². The number of benzene rings is 1. The summed E-state index contributed by atoms with van der Waals surface area (Å²) in [4.78, 5) is 15.2. The first-order valence-electron chi connectivity index (χ1n) is 8.91. The maximum Gasteiger partial charge on any atom is 0.415 e. The van der Waals surface area contributed by atoms with Gasteiger partial charge < -0.3 is 14.7 Å². The van der Waals surface area contributed by atoms with Gasteiger partial charge in [0.05, 0.1) is 6.04 Å². The number of alkyl halides is 3. The van der Waals surface area contributed by atoms with Crippen molar-refractivity contribution < 1.29 is 27.8 Å². The monoisotopic (exact) mass is 388 g/mol. The van der Waals surface area contributed by atoms with Crippen molar-refractivity contribution in [2.24, 2.45) is 0 Å².